The summed E-state index contributed by atoms with van der Waals surface area (Å²) < 4.78 is 13.2. The van der Waals surface area contributed by atoms with Gasteiger partial charge in [-0.15, -0.1) is 0 Å². The van der Waals surface area contributed by atoms with Gasteiger partial charge in [0.05, 0.1) is 0 Å². The topological polar surface area (TPSA) is 0 Å². The average molecular weight is 184 g/mol. The molecule has 0 bridgehead atoms. The molecule has 0 N–H and O–H groups in total. The lowest BCUT2D eigenvalue weighted by Crippen LogP contribution is -2.07. The lowest BCUT2D eigenvalue weighted by atomic mass is 9.91. The van der Waals surface area contributed by atoms with Crippen molar-refractivity contribution < 1.29 is 4.39 Å². The SMILES string of the molecule is CCC/C1=C\C(C)CC[C@@H](F)CC1. The minimum atomic E-state index is -0.553. The fourth-order valence-corrected chi connectivity index (χ4v) is 2.03. The predicted molar refractivity (Wildman–Crippen MR) is 55.5 cm³/mol. The summed E-state index contributed by atoms with van der Waals surface area (Å²) in [7, 11) is 0. The first-order chi connectivity index (χ1) is 6.22. The van der Waals surface area contributed by atoms with E-state index in [2.05, 4.69) is 19.9 Å². The molecule has 0 spiro atoms. The van der Waals surface area contributed by atoms with Crippen LogP contribution in [0.4, 0.5) is 4.39 Å². The van der Waals surface area contributed by atoms with E-state index in [4.69, 9.17) is 0 Å². The van der Waals surface area contributed by atoms with Crippen molar-refractivity contribution in [1.29, 1.82) is 0 Å². The third-order valence-corrected chi connectivity index (χ3v) is 2.81. The van der Waals surface area contributed by atoms with Crippen molar-refractivity contribution in [1.82, 2.24) is 0 Å². The molecule has 0 aliphatic heterocycles. The van der Waals surface area contributed by atoms with Gasteiger partial charge in [0, 0.05) is 0 Å². The summed E-state index contributed by atoms with van der Waals surface area (Å²) in [6.07, 6.45) is 7.69. The van der Waals surface area contributed by atoms with E-state index in [9.17, 15) is 4.39 Å². The van der Waals surface area contributed by atoms with E-state index in [1.165, 1.54) is 12.0 Å². The van der Waals surface area contributed by atoms with E-state index in [-0.39, 0.29) is 0 Å². The lowest BCUT2D eigenvalue weighted by Gasteiger charge is -2.17. The summed E-state index contributed by atoms with van der Waals surface area (Å²) in [5.74, 6) is 0.583. The highest BCUT2D eigenvalue weighted by Crippen LogP contribution is 2.25. The Morgan fingerprint density at radius 1 is 1.38 bits per heavy atom. The summed E-state index contributed by atoms with van der Waals surface area (Å²) in [5.41, 5.74) is 1.48. The third kappa shape index (κ3) is 3.93. The molecule has 1 unspecified atom stereocenters. The molecule has 0 aromatic carbocycles. The highest BCUT2D eigenvalue weighted by molar-refractivity contribution is 5.05. The van der Waals surface area contributed by atoms with Crippen LogP contribution in [0.2, 0.25) is 0 Å². The van der Waals surface area contributed by atoms with Gasteiger partial charge in [-0.3, -0.25) is 0 Å². The number of allylic oxidation sites excluding steroid dienone is 2. The minimum Gasteiger partial charge on any atom is -0.247 e. The van der Waals surface area contributed by atoms with Crippen LogP contribution in [0, 0.1) is 5.92 Å². The lowest BCUT2D eigenvalue weighted by molar-refractivity contribution is 0.276. The highest BCUT2D eigenvalue weighted by atomic mass is 19.1. The van der Waals surface area contributed by atoms with Crippen LogP contribution in [0.5, 0.6) is 0 Å². The highest BCUT2D eigenvalue weighted by Gasteiger charge is 2.13. The molecular weight excluding hydrogens is 163 g/mol. The fraction of sp³-hybridized carbons (Fsp3) is 0.833. The molecule has 0 fully saturated rings. The Balaban J connectivity index is 2.53. The zero-order chi connectivity index (χ0) is 9.68. The second-order valence-corrected chi connectivity index (χ2v) is 4.27. The molecular formula is C12H21F. The van der Waals surface area contributed by atoms with Crippen LogP contribution in [-0.4, -0.2) is 6.17 Å². The number of halogens is 1. The van der Waals surface area contributed by atoms with Crippen LogP contribution in [-0.2, 0) is 0 Å². The number of rotatable bonds is 2. The van der Waals surface area contributed by atoms with Gasteiger partial charge in [-0.05, 0) is 38.0 Å². The standard InChI is InChI=1S/C12H21F/c1-3-4-11-6-8-12(13)7-5-10(2)9-11/h9-10,12H,3-8H2,1-2H3/b11-9+/t10?,12-/m1/s1. The van der Waals surface area contributed by atoms with Crippen LogP contribution < -0.4 is 0 Å². The third-order valence-electron chi connectivity index (χ3n) is 2.81. The van der Waals surface area contributed by atoms with Gasteiger partial charge in [-0.25, -0.2) is 4.39 Å². The van der Waals surface area contributed by atoms with Crippen molar-refractivity contribution in [3.63, 3.8) is 0 Å². The van der Waals surface area contributed by atoms with E-state index in [1.54, 1.807) is 0 Å². The van der Waals surface area contributed by atoms with Crippen molar-refractivity contribution in [2.45, 2.75) is 58.5 Å². The van der Waals surface area contributed by atoms with E-state index < -0.39 is 6.17 Å². The first-order valence-corrected chi connectivity index (χ1v) is 5.56. The largest absolute Gasteiger partial charge is 0.247 e. The monoisotopic (exact) mass is 184 g/mol. The van der Waals surface area contributed by atoms with Gasteiger partial charge in [0.15, 0.2) is 0 Å². The average Bonchev–Trinajstić information content (AvgIpc) is 2.09. The predicted octanol–water partition coefficient (Wildman–Crippen LogP) is 4.26. The van der Waals surface area contributed by atoms with Crippen LogP contribution >= 0.6 is 0 Å². The first-order valence-electron chi connectivity index (χ1n) is 5.56. The summed E-state index contributed by atoms with van der Waals surface area (Å²) in [4.78, 5) is 0. The molecule has 0 saturated heterocycles. The molecule has 0 nitrogen and oxygen atoms in total. The summed E-state index contributed by atoms with van der Waals surface area (Å²) in [6, 6.07) is 0. The minimum absolute atomic E-state index is 0.553. The second kappa shape index (κ2) is 5.41. The zero-order valence-electron chi connectivity index (χ0n) is 8.85. The van der Waals surface area contributed by atoms with Crippen molar-refractivity contribution in [2.75, 3.05) is 0 Å². The van der Waals surface area contributed by atoms with E-state index >= 15 is 0 Å². The Morgan fingerprint density at radius 2 is 2.15 bits per heavy atom. The summed E-state index contributed by atoms with van der Waals surface area (Å²) >= 11 is 0. The summed E-state index contributed by atoms with van der Waals surface area (Å²) in [5, 5.41) is 0. The Hall–Kier alpha value is -0.330. The molecule has 1 heteroatoms. The maximum Gasteiger partial charge on any atom is 0.100 e. The Kier molecular flexibility index (Phi) is 4.47. The zero-order valence-corrected chi connectivity index (χ0v) is 8.85. The number of hydrogen-bond donors (Lipinski definition) is 0. The molecule has 0 radical (unpaired) electrons. The molecule has 1 aliphatic carbocycles. The van der Waals surface area contributed by atoms with Crippen molar-refractivity contribution in [2.24, 2.45) is 5.92 Å². The number of alkyl halides is 1. The smallest absolute Gasteiger partial charge is 0.100 e. The number of hydrogen-bond acceptors (Lipinski definition) is 0. The fourth-order valence-electron chi connectivity index (χ4n) is 2.03. The van der Waals surface area contributed by atoms with Gasteiger partial charge < -0.3 is 0 Å². The van der Waals surface area contributed by atoms with Crippen LogP contribution in [0.3, 0.4) is 0 Å². The Bertz CT molecular complexity index is 172. The molecule has 1 rings (SSSR count). The molecule has 13 heavy (non-hydrogen) atoms. The maximum atomic E-state index is 13.2. The van der Waals surface area contributed by atoms with E-state index in [0.717, 1.165) is 32.1 Å². The van der Waals surface area contributed by atoms with E-state index in [1.807, 2.05) is 0 Å². The van der Waals surface area contributed by atoms with Gasteiger partial charge in [0.2, 0.25) is 0 Å². The molecule has 76 valence electrons. The normalized spacial score (nSPS) is 34.5. The molecule has 0 amide bonds. The van der Waals surface area contributed by atoms with Crippen LogP contribution in [0.25, 0.3) is 0 Å². The van der Waals surface area contributed by atoms with Crippen molar-refractivity contribution in [3.05, 3.63) is 11.6 Å². The second-order valence-electron chi connectivity index (χ2n) is 4.27. The molecule has 0 heterocycles. The molecule has 0 saturated carbocycles. The van der Waals surface area contributed by atoms with Gasteiger partial charge in [0.25, 0.3) is 0 Å². The van der Waals surface area contributed by atoms with Gasteiger partial charge >= 0.3 is 0 Å². The molecule has 2 atom stereocenters. The van der Waals surface area contributed by atoms with Crippen LogP contribution in [0.15, 0.2) is 11.6 Å². The first kappa shape index (κ1) is 10.7. The van der Waals surface area contributed by atoms with E-state index in [0.29, 0.717) is 5.92 Å². The summed E-state index contributed by atoms with van der Waals surface area (Å²) in [6.45, 7) is 4.39. The Morgan fingerprint density at radius 3 is 2.85 bits per heavy atom. The molecule has 0 aromatic heterocycles. The van der Waals surface area contributed by atoms with Crippen molar-refractivity contribution in [3.8, 4) is 0 Å². The van der Waals surface area contributed by atoms with Crippen LogP contribution in [0.1, 0.15) is 52.4 Å². The van der Waals surface area contributed by atoms with Gasteiger partial charge in [0.1, 0.15) is 6.17 Å². The van der Waals surface area contributed by atoms with Crippen molar-refractivity contribution >= 4 is 0 Å². The van der Waals surface area contributed by atoms with Gasteiger partial charge in [-0.1, -0.05) is 31.9 Å². The molecule has 1 aliphatic rings. The Labute approximate surface area is 81.2 Å². The maximum absolute atomic E-state index is 13.2. The van der Waals surface area contributed by atoms with Gasteiger partial charge in [-0.2, -0.15) is 0 Å². The quantitative estimate of drug-likeness (QED) is 0.562. The molecule has 0 aromatic rings.